The molecule has 1 heterocycles. The van der Waals surface area contributed by atoms with Crippen molar-refractivity contribution in [3.63, 3.8) is 0 Å². The second-order valence-corrected chi connectivity index (χ2v) is 4.79. The summed E-state index contributed by atoms with van der Waals surface area (Å²) in [6.07, 6.45) is 0. The molecule has 2 N–H and O–H groups in total. The van der Waals surface area contributed by atoms with Crippen molar-refractivity contribution >= 4 is 11.7 Å². The van der Waals surface area contributed by atoms with Gasteiger partial charge in [0.25, 0.3) is 0 Å². The van der Waals surface area contributed by atoms with E-state index < -0.39 is 0 Å². The minimum atomic E-state index is -0.360. The van der Waals surface area contributed by atoms with Crippen LogP contribution in [0.25, 0.3) is 0 Å². The standard InChI is InChI=1S/C16H15FN2O3/c17-12-2-4-13(5-3-12)19-16(20)18-10-11-1-6-14-15(9-11)22-8-7-21-14/h1-6,9H,7-8,10H2,(H2,18,19,20). The molecule has 5 nitrogen and oxygen atoms in total. The third-order valence-corrected chi connectivity index (χ3v) is 3.16. The number of carbonyl (C=O) groups is 1. The molecule has 2 aromatic rings. The fraction of sp³-hybridized carbons (Fsp3) is 0.188. The molecule has 1 aliphatic heterocycles. The van der Waals surface area contributed by atoms with Crippen LogP contribution in [0.1, 0.15) is 5.56 Å². The largest absolute Gasteiger partial charge is 0.486 e. The lowest BCUT2D eigenvalue weighted by Crippen LogP contribution is -2.28. The molecule has 1 aliphatic rings. The van der Waals surface area contributed by atoms with Crippen LogP contribution < -0.4 is 20.1 Å². The Morgan fingerprint density at radius 1 is 1.05 bits per heavy atom. The van der Waals surface area contributed by atoms with E-state index in [-0.39, 0.29) is 11.8 Å². The zero-order valence-corrected chi connectivity index (χ0v) is 11.8. The molecule has 3 rings (SSSR count). The van der Waals surface area contributed by atoms with Crippen molar-refractivity contribution in [2.24, 2.45) is 0 Å². The van der Waals surface area contributed by atoms with E-state index in [4.69, 9.17) is 9.47 Å². The lowest BCUT2D eigenvalue weighted by atomic mass is 10.2. The summed E-state index contributed by atoms with van der Waals surface area (Å²) in [6.45, 7) is 1.42. The van der Waals surface area contributed by atoms with Crippen LogP contribution in [-0.2, 0) is 6.54 Å². The fourth-order valence-electron chi connectivity index (χ4n) is 2.09. The Hall–Kier alpha value is -2.76. The summed E-state index contributed by atoms with van der Waals surface area (Å²) < 4.78 is 23.7. The molecule has 0 fully saturated rings. The van der Waals surface area contributed by atoms with Gasteiger partial charge in [-0.25, -0.2) is 9.18 Å². The Kier molecular flexibility index (Phi) is 4.09. The molecular weight excluding hydrogens is 287 g/mol. The van der Waals surface area contributed by atoms with E-state index in [1.807, 2.05) is 18.2 Å². The van der Waals surface area contributed by atoms with Gasteiger partial charge in [-0.1, -0.05) is 6.07 Å². The van der Waals surface area contributed by atoms with Crippen LogP contribution in [0.4, 0.5) is 14.9 Å². The molecular formula is C16H15FN2O3. The van der Waals surface area contributed by atoms with E-state index in [1.165, 1.54) is 24.3 Å². The summed E-state index contributed by atoms with van der Waals surface area (Å²) in [6, 6.07) is 10.7. The highest BCUT2D eigenvalue weighted by Crippen LogP contribution is 2.30. The van der Waals surface area contributed by atoms with Crippen LogP contribution in [0.3, 0.4) is 0 Å². The maximum absolute atomic E-state index is 12.8. The lowest BCUT2D eigenvalue weighted by molar-refractivity contribution is 0.171. The second kappa shape index (κ2) is 6.34. The van der Waals surface area contributed by atoms with Crippen molar-refractivity contribution in [2.75, 3.05) is 18.5 Å². The number of halogens is 1. The molecule has 114 valence electrons. The first kappa shape index (κ1) is 14.2. The fourth-order valence-corrected chi connectivity index (χ4v) is 2.09. The lowest BCUT2D eigenvalue weighted by Gasteiger charge is -2.19. The van der Waals surface area contributed by atoms with E-state index in [1.54, 1.807) is 0 Å². The van der Waals surface area contributed by atoms with Crippen LogP contribution in [0.15, 0.2) is 42.5 Å². The first-order valence-electron chi connectivity index (χ1n) is 6.90. The predicted octanol–water partition coefficient (Wildman–Crippen LogP) is 2.92. The number of anilines is 1. The van der Waals surface area contributed by atoms with Crippen molar-refractivity contribution < 1.29 is 18.7 Å². The van der Waals surface area contributed by atoms with Gasteiger partial charge >= 0.3 is 6.03 Å². The van der Waals surface area contributed by atoms with Gasteiger partial charge in [-0.3, -0.25) is 0 Å². The first-order valence-corrected chi connectivity index (χ1v) is 6.90. The topological polar surface area (TPSA) is 59.6 Å². The molecule has 0 aromatic heterocycles. The van der Waals surface area contributed by atoms with E-state index in [9.17, 15) is 9.18 Å². The number of amides is 2. The molecule has 0 bridgehead atoms. The highest BCUT2D eigenvalue weighted by Gasteiger charge is 2.12. The normalized spacial score (nSPS) is 12.6. The number of nitrogens with one attached hydrogen (secondary N) is 2. The smallest absolute Gasteiger partial charge is 0.319 e. The van der Waals surface area contributed by atoms with E-state index in [2.05, 4.69) is 10.6 Å². The minimum Gasteiger partial charge on any atom is -0.486 e. The summed E-state index contributed by atoms with van der Waals surface area (Å²) in [7, 11) is 0. The van der Waals surface area contributed by atoms with Crippen molar-refractivity contribution in [3.8, 4) is 11.5 Å². The third-order valence-electron chi connectivity index (χ3n) is 3.16. The highest BCUT2D eigenvalue weighted by atomic mass is 19.1. The summed E-state index contributed by atoms with van der Waals surface area (Å²) in [5, 5.41) is 5.36. The van der Waals surface area contributed by atoms with Gasteiger partial charge in [-0.05, 0) is 42.0 Å². The Bertz CT molecular complexity index is 674. The monoisotopic (exact) mass is 302 g/mol. The summed E-state index contributed by atoms with van der Waals surface area (Å²) in [5.74, 6) is 1.05. The second-order valence-electron chi connectivity index (χ2n) is 4.79. The molecule has 6 heteroatoms. The van der Waals surface area contributed by atoms with Crippen LogP contribution in [0, 0.1) is 5.82 Å². The summed E-state index contributed by atoms with van der Waals surface area (Å²) in [4.78, 5) is 11.8. The van der Waals surface area contributed by atoms with Crippen LogP contribution in [0.5, 0.6) is 11.5 Å². The van der Waals surface area contributed by atoms with Gasteiger partial charge < -0.3 is 20.1 Å². The van der Waals surface area contributed by atoms with Gasteiger partial charge in [-0.2, -0.15) is 0 Å². The molecule has 0 unspecified atom stereocenters. The van der Waals surface area contributed by atoms with Crippen molar-refractivity contribution in [2.45, 2.75) is 6.54 Å². The molecule has 0 saturated carbocycles. The number of ether oxygens (including phenoxy) is 2. The number of benzene rings is 2. The van der Waals surface area contributed by atoms with E-state index in [0.717, 1.165) is 5.56 Å². The molecule has 2 aromatic carbocycles. The number of rotatable bonds is 3. The van der Waals surface area contributed by atoms with Crippen LogP contribution in [0.2, 0.25) is 0 Å². The van der Waals surface area contributed by atoms with E-state index in [0.29, 0.717) is 36.9 Å². The maximum Gasteiger partial charge on any atom is 0.319 e. The number of hydrogen-bond donors (Lipinski definition) is 2. The first-order chi connectivity index (χ1) is 10.7. The van der Waals surface area contributed by atoms with Crippen molar-refractivity contribution in [1.82, 2.24) is 5.32 Å². The number of fused-ring (bicyclic) bond motifs is 1. The Balaban J connectivity index is 1.55. The van der Waals surface area contributed by atoms with Gasteiger partial charge in [0, 0.05) is 12.2 Å². The Morgan fingerprint density at radius 2 is 1.77 bits per heavy atom. The van der Waals surface area contributed by atoms with Crippen molar-refractivity contribution in [3.05, 3.63) is 53.8 Å². The number of carbonyl (C=O) groups excluding carboxylic acids is 1. The Morgan fingerprint density at radius 3 is 2.55 bits per heavy atom. The number of hydrogen-bond acceptors (Lipinski definition) is 3. The SMILES string of the molecule is O=C(NCc1ccc2c(c1)OCCO2)Nc1ccc(F)cc1. The molecule has 0 saturated heterocycles. The quantitative estimate of drug-likeness (QED) is 0.916. The van der Waals surface area contributed by atoms with Gasteiger partial charge in [0.2, 0.25) is 0 Å². The molecule has 0 atom stereocenters. The van der Waals surface area contributed by atoms with Gasteiger partial charge in [-0.15, -0.1) is 0 Å². The van der Waals surface area contributed by atoms with Gasteiger partial charge in [0.05, 0.1) is 0 Å². The molecule has 22 heavy (non-hydrogen) atoms. The number of urea groups is 1. The zero-order chi connectivity index (χ0) is 15.4. The summed E-state index contributed by atoms with van der Waals surface area (Å²) >= 11 is 0. The van der Waals surface area contributed by atoms with Gasteiger partial charge in [0.1, 0.15) is 19.0 Å². The minimum absolute atomic E-state index is 0.345. The van der Waals surface area contributed by atoms with Crippen LogP contribution in [-0.4, -0.2) is 19.2 Å². The molecule has 2 amide bonds. The molecule has 0 aliphatic carbocycles. The highest BCUT2D eigenvalue weighted by molar-refractivity contribution is 5.89. The molecule has 0 spiro atoms. The van der Waals surface area contributed by atoms with Crippen molar-refractivity contribution in [1.29, 1.82) is 0 Å². The molecule has 0 radical (unpaired) electrons. The zero-order valence-electron chi connectivity index (χ0n) is 11.8. The summed E-state index contributed by atoms with van der Waals surface area (Å²) in [5.41, 5.74) is 1.43. The maximum atomic E-state index is 12.8. The average molecular weight is 302 g/mol. The van der Waals surface area contributed by atoms with E-state index >= 15 is 0 Å². The van der Waals surface area contributed by atoms with Gasteiger partial charge in [0.15, 0.2) is 11.5 Å². The average Bonchev–Trinajstić information content (AvgIpc) is 2.55. The van der Waals surface area contributed by atoms with Crippen LogP contribution >= 0.6 is 0 Å². The predicted molar refractivity (Wildman–Crippen MR) is 79.7 cm³/mol. The third kappa shape index (κ3) is 3.46. The Labute approximate surface area is 127 Å².